The second-order valence-electron chi connectivity index (χ2n) is 5.20. The molecular formula is C15H16N6O3S. The van der Waals surface area contributed by atoms with Crippen molar-refractivity contribution in [1.29, 1.82) is 0 Å². The number of nitrogens with zero attached hydrogens (tertiary/aromatic N) is 3. The van der Waals surface area contributed by atoms with Crippen molar-refractivity contribution in [3.63, 3.8) is 0 Å². The van der Waals surface area contributed by atoms with E-state index in [0.29, 0.717) is 35.1 Å². The topological polar surface area (TPSA) is 146 Å². The van der Waals surface area contributed by atoms with Crippen molar-refractivity contribution in [3.8, 4) is 5.88 Å². The van der Waals surface area contributed by atoms with Crippen LogP contribution in [0.3, 0.4) is 0 Å². The van der Waals surface area contributed by atoms with Crippen LogP contribution in [0.2, 0.25) is 0 Å². The fourth-order valence-corrected chi connectivity index (χ4v) is 2.71. The van der Waals surface area contributed by atoms with Gasteiger partial charge in [0.2, 0.25) is 15.9 Å². The molecule has 0 atom stereocenters. The Balaban J connectivity index is 1.86. The zero-order valence-corrected chi connectivity index (χ0v) is 14.1. The van der Waals surface area contributed by atoms with Crippen molar-refractivity contribution in [2.45, 2.75) is 11.4 Å². The lowest BCUT2D eigenvalue weighted by atomic mass is 10.2. The summed E-state index contributed by atoms with van der Waals surface area (Å²) in [5.41, 5.74) is 8.24. The smallest absolute Gasteiger partial charge is 0.239 e. The third-order valence-corrected chi connectivity index (χ3v) is 4.41. The van der Waals surface area contributed by atoms with Gasteiger partial charge in [-0.25, -0.2) is 18.5 Å². The summed E-state index contributed by atoms with van der Waals surface area (Å²) in [6.45, 7) is 0.334. The Morgan fingerprint density at radius 1 is 1.16 bits per heavy atom. The van der Waals surface area contributed by atoms with Crippen molar-refractivity contribution in [2.24, 2.45) is 5.14 Å². The zero-order chi connectivity index (χ0) is 18.0. The molecule has 0 spiro atoms. The third-order valence-electron chi connectivity index (χ3n) is 3.52. The summed E-state index contributed by atoms with van der Waals surface area (Å²) >= 11 is 0. The third kappa shape index (κ3) is 3.59. The average molecular weight is 360 g/mol. The molecule has 3 aromatic heterocycles. The number of hydrogen-bond donors (Lipinski definition) is 3. The maximum absolute atomic E-state index is 11.2. The number of nitrogens with one attached hydrogen (secondary N) is 1. The first-order valence-electron chi connectivity index (χ1n) is 7.19. The van der Waals surface area contributed by atoms with Crippen LogP contribution in [0.15, 0.2) is 41.6 Å². The van der Waals surface area contributed by atoms with E-state index >= 15 is 0 Å². The highest BCUT2D eigenvalue weighted by Crippen LogP contribution is 2.28. The Morgan fingerprint density at radius 3 is 2.60 bits per heavy atom. The number of hydrogen-bond acceptors (Lipinski definition) is 8. The molecule has 0 bridgehead atoms. The minimum Gasteiger partial charge on any atom is -0.481 e. The lowest BCUT2D eigenvalue weighted by molar-refractivity contribution is 0.399. The van der Waals surface area contributed by atoms with Crippen LogP contribution in [0.5, 0.6) is 5.88 Å². The second kappa shape index (κ2) is 6.49. The molecule has 0 fully saturated rings. The van der Waals surface area contributed by atoms with E-state index in [4.69, 9.17) is 15.6 Å². The molecule has 9 nitrogen and oxygen atoms in total. The molecule has 3 aromatic rings. The molecule has 0 aromatic carbocycles. The van der Waals surface area contributed by atoms with Crippen LogP contribution < -0.4 is 20.9 Å². The summed E-state index contributed by atoms with van der Waals surface area (Å²) in [4.78, 5) is 12.5. The van der Waals surface area contributed by atoms with Gasteiger partial charge in [-0.05, 0) is 18.2 Å². The van der Waals surface area contributed by atoms with Crippen molar-refractivity contribution in [3.05, 3.63) is 42.4 Å². The van der Waals surface area contributed by atoms with Gasteiger partial charge in [0, 0.05) is 17.6 Å². The predicted octanol–water partition coefficient (Wildman–Crippen LogP) is 0.875. The Bertz CT molecular complexity index is 1020. The van der Waals surface area contributed by atoms with Crippen molar-refractivity contribution < 1.29 is 13.2 Å². The summed E-state index contributed by atoms with van der Waals surface area (Å²) in [5, 5.41) is 8.97. The lowest BCUT2D eigenvalue weighted by Gasteiger charge is -2.12. The van der Waals surface area contributed by atoms with Crippen LogP contribution >= 0.6 is 0 Å². The van der Waals surface area contributed by atoms with Gasteiger partial charge in [-0.2, -0.15) is 4.98 Å². The molecule has 0 aliphatic carbocycles. The number of sulfonamides is 1. The monoisotopic (exact) mass is 360 g/mol. The van der Waals surface area contributed by atoms with Gasteiger partial charge in [0.25, 0.3) is 0 Å². The van der Waals surface area contributed by atoms with E-state index < -0.39 is 10.0 Å². The van der Waals surface area contributed by atoms with Gasteiger partial charge >= 0.3 is 0 Å². The average Bonchev–Trinajstić information content (AvgIpc) is 2.60. The highest BCUT2D eigenvalue weighted by molar-refractivity contribution is 7.89. The van der Waals surface area contributed by atoms with Crippen LogP contribution in [0.4, 0.5) is 11.4 Å². The van der Waals surface area contributed by atoms with Crippen LogP contribution in [0.25, 0.3) is 11.0 Å². The molecule has 0 saturated carbocycles. The number of fused-ring (bicyclic) bond motifs is 1. The number of aromatic nitrogens is 3. The molecule has 130 valence electrons. The van der Waals surface area contributed by atoms with Crippen LogP contribution in [-0.2, 0) is 16.6 Å². The minimum atomic E-state index is -3.76. The standard InChI is InChI=1S/C15H16N6O3S/c1-24-13-5-4-11-14(12(16)8-20-15(11)21-13)19-6-9-2-3-10(7-18-9)25(17,22)23/h2-5,7-8H,6,16H2,1H3,(H2,17,22,23)(H,19,20,21). The number of ether oxygens (including phenoxy) is 1. The van der Waals surface area contributed by atoms with Crippen molar-refractivity contribution in [1.82, 2.24) is 15.0 Å². The highest BCUT2D eigenvalue weighted by atomic mass is 32.2. The van der Waals surface area contributed by atoms with Crippen molar-refractivity contribution in [2.75, 3.05) is 18.2 Å². The summed E-state index contributed by atoms with van der Waals surface area (Å²) in [7, 11) is -2.23. The van der Waals surface area contributed by atoms with Crippen LogP contribution in [0.1, 0.15) is 5.69 Å². The van der Waals surface area contributed by atoms with E-state index in [-0.39, 0.29) is 4.90 Å². The van der Waals surface area contributed by atoms with Gasteiger partial charge in [-0.3, -0.25) is 4.98 Å². The molecule has 10 heteroatoms. The summed E-state index contributed by atoms with van der Waals surface area (Å²) < 4.78 is 27.6. The normalized spacial score (nSPS) is 11.4. The minimum absolute atomic E-state index is 0.0404. The van der Waals surface area contributed by atoms with E-state index in [0.717, 1.165) is 5.39 Å². The molecule has 25 heavy (non-hydrogen) atoms. The molecule has 0 saturated heterocycles. The SMILES string of the molecule is COc1ccc2c(NCc3ccc(S(N)(=O)=O)cn3)c(N)cnc2n1. The Hall–Kier alpha value is -2.98. The number of primary sulfonamides is 1. The molecule has 0 unspecified atom stereocenters. The zero-order valence-electron chi connectivity index (χ0n) is 13.3. The van der Waals surface area contributed by atoms with Gasteiger partial charge < -0.3 is 15.8 Å². The van der Waals surface area contributed by atoms with Gasteiger partial charge in [-0.15, -0.1) is 0 Å². The van der Waals surface area contributed by atoms with Crippen molar-refractivity contribution >= 4 is 32.4 Å². The molecule has 3 heterocycles. The van der Waals surface area contributed by atoms with Crippen LogP contribution in [-0.4, -0.2) is 30.5 Å². The number of nitrogen functional groups attached to an aromatic ring is 1. The van der Waals surface area contributed by atoms with E-state index in [1.807, 2.05) is 6.07 Å². The van der Waals surface area contributed by atoms with E-state index in [2.05, 4.69) is 20.3 Å². The highest BCUT2D eigenvalue weighted by Gasteiger charge is 2.10. The molecular weight excluding hydrogens is 344 g/mol. The Morgan fingerprint density at radius 2 is 1.96 bits per heavy atom. The lowest BCUT2D eigenvalue weighted by Crippen LogP contribution is -2.13. The Labute approximate surface area is 144 Å². The predicted molar refractivity (Wildman–Crippen MR) is 93.4 cm³/mol. The van der Waals surface area contributed by atoms with E-state index in [9.17, 15) is 8.42 Å². The van der Waals surface area contributed by atoms with Gasteiger partial charge in [0.05, 0.1) is 36.9 Å². The summed E-state index contributed by atoms with van der Waals surface area (Å²) in [6, 6.07) is 6.51. The first kappa shape index (κ1) is 16.9. The first-order valence-corrected chi connectivity index (χ1v) is 8.74. The fraction of sp³-hybridized carbons (Fsp3) is 0.133. The maximum atomic E-state index is 11.2. The Kier molecular flexibility index (Phi) is 4.38. The molecule has 0 amide bonds. The van der Waals surface area contributed by atoms with Gasteiger partial charge in [0.1, 0.15) is 4.90 Å². The number of anilines is 2. The number of pyridine rings is 3. The molecule has 0 aliphatic rings. The maximum Gasteiger partial charge on any atom is 0.239 e. The summed E-state index contributed by atoms with van der Waals surface area (Å²) in [6.07, 6.45) is 2.72. The molecule has 0 radical (unpaired) electrons. The molecule has 3 rings (SSSR count). The quantitative estimate of drug-likeness (QED) is 0.607. The number of nitrogens with two attached hydrogens (primary N) is 2. The largest absolute Gasteiger partial charge is 0.481 e. The fourth-order valence-electron chi connectivity index (χ4n) is 2.25. The molecule has 0 aliphatic heterocycles. The van der Waals surface area contributed by atoms with Crippen LogP contribution in [0, 0.1) is 0 Å². The van der Waals surface area contributed by atoms with E-state index in [1.54, 1.807) is 12.1 Å². The van der Waals surface area contributed by atoms with E-state index in [1.165, 1.54) is 25.6 Å². The van der Waals surface area contributed by atoms with Gasteiger partial charge in [-0.1, -0.05) is 0 Å². The number of methoxy groups -OCH3 is 1. The summed E-state index contributed by atoms with van der Waals surface area (Å²) in [5.74, 6) is 0.455. The first-order chi connectivity index (χ1) is 11.9. The molecule has 5 N–H and O–H groups in total. The van der Waals surface area contributed by atoms with Gasteiger partial charge in [0.15, 0.2) is 5.65 Å². The number of rotatable bonds is 5. The second-order valence-corrected chi connectivity index (χ2v) is 6.76.